The van der Waals surface area contributed by atoms with Crippen molar-refractivity contribution >= 4 is 11.8 Å². The van der Waals surface area contributed by atoms with Crippen molar-refractivity contribution in [2.24, 2.45) is 5.73 Å². The summed E-state index contributed by atoms with van der Waals surface area (Å²) < 4.78 is 0. The molecule has 110 valence electrons. The molecule has 0 aromatic heterocycles. The lowest BCUT2D eigenvalue weighted by atomic mass is 10.1. The van der Waals surface area contributed by atoms with E-state index in [4.69, 9.17) is 5.73 Å². The van der Waals surface area contributed by atoms with Crippen LogP contribution in [0, 0.1) is 0 Å². The van der Waals surface area contributed by atoms with Gasteiger partial charge in [-0.1, -0.05) is 37.3 Å². The predicted octanol–water partition coefficient (Wildman–Crippen LogP) is 0.589. The van der Waals surface area contributed by atoms with Crippen LogP contribution in [0.2, 0.25) is 0 Å². The van der Waals surface area contributed by atoms with Crippen LogP contribution in [0.3, 0.4) is 0 Å². The van der Waals surface area contributed by atoms with Gasteiger partial charge < -0.3 is 16.4 Å². The van der Waals surface area contributed by atoms with Crippen LogP contribution in [0.25, 0.3) is 0 Å². The average Bonchev–Trinajstić information content (AvgIpc) is 2.46. The van der Waals surface area contributed by atoms with E-state index >= 15 is 0 Å². The molecule has 0 aliphatic rings. The molecule has 5 heteroatoms. The maximum atomic E-state index is 11.8. The summed E-state index contributed by atoms with van der Waals surface area (Å²) in [5, 5.41) is 5.44. The van der Waals surface area contributed by atoms with E-state index in [-0.39, 0.29) is 18.2 Å². The fraction of sp³-hybridized carbons (Fsp3) is 0.467. The van der Waals surface area contributed by atoms with Crippen LogP contribution in [0.4, 0.5) is 0 Å². The molecule has 4 N–H and O–H groups in total. The molecule has 0 unspecified atom stereocenters. The molecule has 0 bridgehead atoms. The van der Waals surface area contributed by atoms with Crippen molar-refractivity contribution in [3.63, 3.8) is 0 Å². The topological polar surface area (TPSA) is 84.2 Å². The highest BCUT2D eigenvalue weighted by molar-refractivity contribution is 5.82. The second-order valence-electron chi connectivity index (χ2n) is 4.69. The predicted molar refractivity (Wildman–Crippen MR) is 79.0 cm³/mol. The van der Waals surface area contributed by atoms with Crippen LogP contribution < -0.4 is 16.4 Å². The fourth-order valence-corrected chi connectivity index (χ4v) is 1.74. The van der Waals surface area contributed by atoms with Gasteiger partial charge in [-0.15, -0.1) is 0 Å². The van der Waals surface area contributed by atoms with Crippen molar-refractivity contribution in [1.82, 2.24) is 10.6 Å². The van der Waals surface area contributed by atoms with E-state index in [9.17, 15) is 9.59 Å². The zero-order valence-electron chi connectivity index (χ0n) is 11.9. The first-order valence-electron chi connectivity index (χ1n) is 6.97. The van der Waals surface area contributed by atoms with E-state index in [1.54, 1.807) is 0 Å². The number of nitrogens with one attached hydrogen (secondary N) is 2. The van der Waals surface area contributed by atoms with Crippen molar-refractivity contribution in [3.8, 4) is 0 Å². The maximum absolute atomic E-state index is 11.8. The molecular weight excluding hydrogens is 254 g/mol. The summed E-state index contributed by atoms with van der Waals surface area (Å²) in [5.41, 5.74) is 6.86. The Labute approximate surface area is 119 Å². The SMILES string of the molecule is CCCNC(=O)CCNC(=O)[C@H](N)Cc1ccccc1. The van der Waals surface area contributed by atoms with E-state index in [1.807, 2.05) is 37.3 Å². The van der Waals surface area contributed by atoms with Crippen molar-refractivity contribution in [2.75, 3.05) is 13.1 Å². The van der Waals surface area contributed by atoms with Crippen LogP contribution in [0.5, 0.6) is 0 Å². The molecule has 20 heavy (non-hydrogen) atoms. The Bertz CT molecular complexity index is 420. The first-order valence-corrected chi connectivity index (χ1v) is 6.97. The lowest BCUT2D eigenvalue weighted by Gasteiger charge is -2.12. The summed E-state index contributed by atoms with van der Waals surface area (Å²) in [6.07, 6.45) is 1.68. The van der Waals surface area contributed by atoms with Crippen molar-refractivity contribution in [2.45, 2.75) is 32.2 Å². The van der Waals surface area contributed by atoms with Crippen molar-refractivity contribution < 1.29 is 9.59 Å². The molecule has 0 heterocycles. The lowest BCUT2D eigenvalue weighted by Crippen LogP contribution is -2.43. The summed E-state index contributed by atoms with van der Waals surface area (Å²) in [7, 11) is 0. The van der Waals surface area contributed by atoms with E-state index in [1.165, 1.54) is 0 Å². The average molecular weight is 277 g/mol. The smallest absolute Gasteiger partial charge is 0.237 e. The molecule has 0 radical (unpaired) electrons. The molecule has 1 rings (SSSR count). The van der Waals surface area contributed by atoms with Crippen LogP contribution in [-0.4, -0.2) is 30.9 Å². The Hall–Kier alpha value is -1.88. The molecule has 0 spiro atoms. The van der Waals surface area contributed by atoms with Gasteiger partial charge in [0.05, 0.1) is 6.04 Å². The van der Waals surface area contributed by atoms with Gasteiger partial charge in [0.15, 0.2) is 0 Å². The molecular formula is C15H23N3O2. The molecule has 1 aromatic carbocycles. The van der Waals surface area contributed by atoms with Gasteiger partial charge in [0, 0.05) is 19.5 Å². The summed E-state index contributed by atoms with van der Waals surface area (Å²) in [6, 6.07) is 9.03. The number of hydrogen-bond donors (Lipinski definition) is 3. The maximum Gasteiger partial charge on any atom is 0.237 e. The third kappa shape index (κ3) is 6.33. The van der Waals surface area contributed by atoms with E-state index in [2.05, 4.69) is 10.6 Å². The quantitative estimate of drug-likeness (QED) is 0.650. The zero-order chi connectivity index (χ0) is 14.8. The number of rotatable bonds is 8. The number of benzene rings is 1. The minimum Gasteiger partial charge on any atom is -0.356 e. The Morgan fingerprint density at radius 2 is 1.85 bits per heavy atom. The minimum atomic E-state index is -0.587. The van der Waals surface area contributed by atoms with Crippen LogP contribution in [-0.2, 0) is 16.0 Å². The normalized spacial score (nSPS) is 11.7. The van der Waals surface area contributed by atoms with Gasteiger partial charge in [-0.3, -0.25) is 9.59 Å². The van der Waals surface area contributed by atoms with E-state index in [0.29, 0.717) is 19.5 Å². The summed E-state index contributed by atoms with van der Waals surface area (Å²) in [4.78, 5) is 23.1. The molecule has 1 atom stereocenters. The second kappa shape index (κ2) is 9.09. The largest absolute Gasteiger partial charge is 0.356 e. The minimum absolute atomic E-state index is 0.0521. The summed E-state index contributed by atoms with van der Waals surface area (Å²) in [5.74, 6) is -0.277. The fourth-order valence-electron chi connectivity index (χ4n) is 1.74. The number of hydrogen-bond acceptors (Lipinski definition) is 3. The Morgan fingerprint density at radius 1 is 1.15 bits per heavy atom. The van der Waals surface area contributed by atoms with Crippen LogP contribution in [0.1, 0.15) is 25.3 Å². The van der Waals surface area contributed by atoms with Gasteiger partial charge >= 0.3 is 0 Å². The molecule has 0 saturated heterocycles. The second-order valence-corrected chi connectivity index (χ2v) is 4.69. The third-order valence-corrected chi connectivity index (χ3v) is 2.86. The Balaban J connectivity index is 2.23. The van der Waals surface area contributed by atoms with Crippen molar-refractivity contribution in [3.05, 3.63) is 35.9 Å². The molecule has 0 aliphatic carbocycles. The Morgan fingerprint density at radius 3 is 2.50 bits per heavy atom. The molecule has 5 nitrogen and oxygen atoms in total. The highest BCUT2D eigenvalue weighted by Gasteiger charge is 2.13. The van der Waals surface area contributed by atoms with Gasteiger partial charge in [0.2, 0.25) is 11.8 Å². The standard InChI is InChI=1S/C15H23N3O2/c1-2-9-17-14(19)8-10-18-15(20)13(16)11-12-6-4-3-5-7-12/h3-7,13H,2,8-11,16H2,1H3,(H,17,19)(H,18,20)/t13-/m1/s1. The Kier molecular flexibility index (Phi) is 7.35. The van der Waals surface area contributed by atoms with Crippen LogP contribution in [0.15, 0.2) is 30.3 Å². The number of amides is 2. The van der Waals surface area contributed by atoms with E-state index in [0.717, 1.165) is 12.0 Å². The molecule has 2 amide bonds. The zero-order valence-corrected chi connectivity index (χ0v) is 11.9. The molecule has 0 fully saturated rings. The number of carbonyl (C=O) groups excluding carboxylic acids is 2. The monoisotopic (exact) mass is 277 g/mol. The highest BCUT2D eigenvalue weighted by atomic mass is 16.2. The summed E-state index contributed by atoms with van der Waals surface area (Å²) >= 11 is 0. The van der Waals surface area contributed by atoms with Gasteiger partial charge in [0.25, 0.3) is 0 Å². The van der Waals surface area contributed by atoms with Gasteiger partial charge in [-0.05, 0) is 18.4 Å². The number of carbonyl (C=O) groups is 2. The van der Waals surface area contributed by atoms with Crippen molar-refractivity contribution in [1.29, 1.82) is 0 Å². The first-order chi connectivity index (χ1) is 9.63. The molecule has 1 aromatic rings. The van der Waals surface area contributed by atoms with Crippen LogP contribution >= 0.6 is 0 Å². The number of nitrogens with two attached hydrogens (primary N) is 1. The van der Waals surface area contributed by atoms with Gasteiger partial charge in [-0.25, -0.2) is 0 Å². The lowest BCUT2D eigenvalue weighted by molar-refractivity contribution is -0.123. The highest BCUT2D eigenvalue weighted by Crippen LogP contribution is 2.01. The van der Waals surface area contributed by atoms with Gasteiger partial charge in [-0.2, -0.15) is 0 Å². The van der Waals surface area contributed by atoms with E-state index < -0.39 is 6.04 Å². The molecule has 0 saturated carbocycles. The first kappa shape index (κ1) is 16.2. The molecule has 0 aliphatic heterocycles. The summed E-state index contributed by atoms with van der Waals surface area (Å²) in [6.45, 7) is 2.97. The van der Waals surface area contributed by atoms with Gasteiger partial charge in [0.1, 0.15) is 0 Å². The third-order valence-electron chi connectivity index (χ3n) is 2.86.